The van der Waals surface area contributed by atoms with Gasteiger partial charge in [-0.05, 0) is 32.7 Å². The average molecular weight is 305 g/mol. The third-order valence-electron chi connectivity index (χ3n) is 3.55. The summed E-state index contributed by atoms with van der Waals surface area (Å²) in [4.78, 5) is 11.5. The van der Waals surface area contributed by atoms with E-state index >= 15 is 0 Å². The highest BCUT2D eigenvalue weighted by molar-refractivity contribution is 5.77. The highest BCUT2D eigenvalue weighted by Gasteiger charge is 2.04. The van der Waals surface area contributed by atoms with Gasteiger partial charge in [-0.1, -0.05) is 46.5 Å². The molecule has 0 saturated heterocycles. The summed E-state index contributed by atoms with van der Waals surface area (Å²) in [5.74, 6) is 0.00931. The zero-order chi connectivity index (χ0) is 15.9. The summed E-state index contributed by atoms with van der Waals surface area (Å²) < 4.78 is 5.38. The van der Waals surface area contributed by atoms with E-state index < -0.39 is 0 Å². The normalized spacial score (nSPS) is 12.6. The molecule has 1 amide bonds. The molecule has 4 nitrogen and oxygen atoms in total. The van der Waals surface area contributed by atoms with Crippen LogP contribution in [0.5, 0.6) is 0 Å². The number of unbranched alkanes of at least 4 members (excludes halogenated alkanes) is 5. The lowest BCUT2D eigenvalue weighted by Gasteiger charge is -2.10. The summed E-state index contributed by atoms with van der Waals surface area (Å²) >= 11 is 0. The second kappa shape index (κ2) is 14.3. The molecule has 0 aromatic carbocycles. The molecule has 0 fully saturated rings. The third-order valence-corrected chi connectivity index (χ3v) is 3.55. The standard InChI is InChI=1S/C17H36N2O2.2H2/c1-5-16(4)21-14-17(20)19-13-11-9-7-6-8-10-12-18-15(2)3;;/h15-16,18H,5-14H2,1-4H3,(H,19,20);2*1H. The van der Waals surface area contributed by atoms with E-state index in [1.165, 1.54) is 32.1 Å². The van der Waals surface area contributed by atoms with Gasteiger partial charge in [-0.15, -0.1) is 0 Å². The van der Waals surface area contributed by atoms with Crippen molar-refractivity contribution >= 4 is 5.91 Å². The molecule has 0 aromatic heterocycles. The first-order valence-corrected chi connectivity index (χ1v) is 8.68. The van der Waals surface area contributed by atoms with Gasteiger partial charge in [0, 0.05) is 15.4 Å². The molecule has 130 valence electrons. The maximum atomic E-state index is 11.5. The molecular weight excluding hydrogens is 264 g/mol. The van der Waals surface area contributed by atoms with E-state index in [4.69, 9.17) is 4.74 Å². The van der Waals surface area contributed by atoms with Crippen molar-refractivity contribution in [2.24, 2.45) is 0 Å². The summed E-state index contributed by atoms with van der Waals surface area (Å²) in [6.07, 6.45) is 8.51. The molecule has 0 aromatic rings. The van der Waals surface area contributed by atoms with Crippen LogP contribution in [0.25, 0.3) is 0 Å². The highest BCUT2D eigenvalue weighted by Crippen LogP contribution is 2.04. The number of amides is 1. The van der Waals surface area contributed by atoms with Crippen molar-refractivity contribution < 1.29 is 12.4 Å². The van der Waals surface area contributed by atoms with Crippen molar-refractivity contribution in [3.05, 3.63) is 0 Å². The minimum atomic E-state index is 0. The lowest BCUT2D eigenvalue weighted by Crippen LogP contribution is -2.29. The molecule has 1 atom stereocenters. The molecule has 0 saturated carbocycles. The van der Waals surface area contributed by atoms with Gasteiger partial charge in [-0.3, -0.25) is 4.79 Å². The van der Waals surface area contributed by atoms with Crippen molar-refractivity contribution in [3.8, 4) is 0 Å². The third kappa shape index (κ3) is 15.6. The zero-order valence-corrected chi connectivity index (χ0v) is 14.5. The van der Waals surface area contributed by atoms with E-state index in [0.717, 1.165) is 25.9 Å². The summed E-state index contributed by atoms with van der Waals surface area (Å²) in [5, 5.41) is 6.35. The Labute approximate surface area is 134 Å². The molecule has 0 aliphatic rings. The fourth-order valence-corrected chi connectivity index (χ4v) is 1.96. The molecule has 0 bridgehead atoms. The van der Waals surface area contributed by atoms with E-state index in [1.807, 2.05) is 6.92 Å². The minimum absolute atomic E-state index is 0. The van der Waals surface area contributed by atoms with Crippen molar-refractivity contribution in [1.82, 2.24) is 10.6 Å². The van der Waals surface area contributed by atoms with Gasteiger partial charge in [0.05, 0.1) is 6.10 Å². The SMILES string of the molecule is CCC(C)OCC(=O)NCCCCCCCCNC(C)C.[HH].[HH]. The van der Waals surface area contributed by atoms with Crippen LogP contribution < -0.4 is 10.6 Å². The van der Waals surface area contributed by atoms with Gasteiger partial charge >= 0.3 is 0 Å². The van der Waals surface area contributed by atoms with Crippen LogP contribution in [0.4, 0.5) is 0 Å². The van der Waals surface area contributed by atoms with Gasteiger partial charge in [-0.2, -0.15) is 0 Å². The Morgan fingerprint density at radius 1 is 1.00 bits per heavy atom. The van der Waals surface area contributed by atoms with E-state index in [0.29, 0.717) is 6.04 Å². The predicted molar refractivity (Wildman–Crippen MR) is 93.8 cm³/mol. The van der Waals surface area contributed by atoms with Crippen LogP contribution in [0, 0.1) is 0 Å². The van der Waals surface area contributed by atoms with Gasteiger partial charge in [0.1, 0.15) is 6.61 Å². The quantitative estimate of drug-likeness (QED) is 0.481. The second-order valence-electron chi connectivity index (χ2n) is 6.11. The lowest BCUT2D eigenvalue weighted by atomic mass is 10.1. The number of hydrogen-bond acceptors (Lipinski definition) is 3. The van der Waals surface area contributed by atoms with Gasteiger partial charge in [0.2, 0.25) is 5.91 Å². The van der Waals surface area contributed by atoms with E-state index in [-0.39, 0.29) is 21.5 Å². The highest BCUT2D eigenvalue weighted by atomic mass is 16.5. The second-order valence-corrected chi connectivity index (χ2v) is 6.11. The number of hydrogen-bond donors (Lipinski definition) is 2. The van der Waals surface area contributed by atoms with E-state index in [1.54, 1.807) is 0 Å². The number of carbonyl (C=O) groups is 1. The Bertz CT molecular complexity index is 255. The van der Waals surface area contributed by atoms with Crippen molar-refractivity contribution in [3.63, 3.8) is 0 Å². The largest absolute Gasteiger partial charge is 0.369 e. The number of ether oxygens (including phenoxy) is 1. The maximum absolute atomic E-state index is 11.5. The fraction of sp³-hybridized carbons (Fsp3) is 0.941. The van der Waals surface area contributed by atoms with Gasteiger partial charge in [-0.25, -0.2) is 0 Å². The molecule has 2 N–H and O–H groups in total. The average Bonchev–Trinajstić information content (AvgIpc) is 2.46. The van der Waals surface area contributed by atoms with E-state index in [2.05, 4.69) is 31.4 Å². The van der Waals surface area contributed by atoms with Crippen LogP contribution in [0.1, 0.15) is 75.5 Å². The Morgan fingerprint density at radius 2 is 1.57 bits per heavy atom. The zero-order valence-electron chi connectivity index (χ0n) is 14.5. The topological polar surface area (TPSA) is 50.4 Å². The van der Waals surface area contributed by atoms with Gasteiger partial charge < -0.3 is 15.4 Å². The Morgan fingerprint density at radius 3 is 2.14 bits per heavy atom. The molecule has 4 heteroatoms. The number of carbonyl (C=O) groups excluding carboxylic acids is 1. The molecular formula is C17H40N2O2. The molecule has 1 unspecified atom stereocenters. The van der Waals surface area contributed by atoms with Gasteiger partial charge in [0.15, 0.2) is 0 Å². The summed E-state index contributed by atoms with van der Waals surface area (Å²) in [7, 11) is 0. The number of nitrogens with one attached hydrogen (secondary N) is 2. The number of rotatable bonds is 14. The monoisotopic (exact) mass is 304 g/mol. The van der Waals surface area contributed by atoms with E-state index in [9.17, 15) is 4.79 Å². The summed E-state index contributed by atoms with van der Waals surface area (Å²) in [6.45, 7) is 10.5. The first kappa shape index (κ1) is 20.4. The van der Waals surface area contributed by atoms with Crippen LogP contribution >= 0.6 is 0 Å². The summed E-state index contributed by atoms with van der Waals surface area (Å²) in [5.41, 5.74) is 0. The Hall–Kier alpha value is -0.610. The molecule has 0 spiro atoms. The Kier molecular flexibility index (Phi) is 13.9. The van der Waals surface area contributed by atoms with Crippen molar-refractivity contribution in [1.29, 1.82) is 0 Å². The first-order valence-electron chi connectivity index (χ1n) is 8.68. The molecule has 0 heterocycles. The predicted octanol–water partition coefficient (Wildman–Crippen LogP) is 3.75. The van der Waals surface area contributed by atoms with Crippen LogP contribution in [-0.2, 0) is 9.53 Å². The van der Waals surface area contributed by atoms with Crippen LogP contribution in [0.15, 0.2) is 0 Å². The van der Waals surface area contributed by atoms with Crippen LogP contribution in [0.2, 0.25) is 0 Å². The fourth-order valence-electron chi connectivity index (χ4n) is 1.96. The smallest absolute Gasteiger partial charge is 0.246 e. The minimum Gasteiger partial charge on any atom is -0.369 e. The van der Waals surface area contributed by atoms with Crippen LogP contribution in [-0.4, -0.2) is 37.7 Å². The maximum Gasteiger partial charge on any atom is 0.246 e. The lowest BCUT2D eigenvalue weighted by molar-refractivity contribution is -0.127. The molecule has 21 heavy (non-hydrogen) atoms. The van der Waals surface area contributed by atoms with Crippen LogP contribution in [0.3, 0.4) is 0 Å². The summed E-state index contributed by atoms with van der Waals surface area (Å²) in [6, 6.07) is 0.595. The molecule has 0 aliphatic carbocycles. The van der Waals surface area contributed by atoms with Crippen molar-refractivity contribution in [2.45, 2.75) is 84.8 Å². The molecule has 0 aliphatic heterocycles. The van der Waals surface area contributed by atoms with Gasteiger partial charge in [0.25, 0.3) is 0 Å². The van der Waals surface area contributed by atoms with Crippen molar-refractivity contribution in [2.75, 3.05) is 19.7 Å². The first-order chi connectivity index (χ1) is 10.1. The Balaban J connectivity index is -0.00000200. The molecule has 0 rings (SSSR count). The molecule has 0 radical (unpaired) electrons.